The molecule has 2 aromatic rings. The number of sulfonamides is 1. The number of carbonyl (C=O) groups is 1. The van der Waals surface area contributed by atoms with Gasteiger partial charge in [-0.1, -0.05) is 18.2 Å². The van der Waals surface area contributed by atoms with E-state index in [9.17, 15) is 13.2 Å². The van der Waals surface area contributed by atoms with E-state index in [2.05, 4.69) is 4.98 Å². The van der Waals surface area contributed by atoms with Crippen LogP contribution in [0.4, 0.5) is 5.69 Å². The second-order valence-electron chi connectivity index (χ2n) is 7.88. The van der Waals surface area contributed by atoms with Crippen LogP contribution in [-0.2, 0) is 21.2 Å². The van der Waals surface area contributed by atoms with Crippen LogP contribution in [0.2, 0.25) is 0 Å². The molecule has 160 valence electrons. The van der Waals surface area contributed by atoms with Crippen molar-refractivity contribution >= 4 is 21.6 Å². The molecule has 0 radical (unpaired) electrons. The van der Waals surface area contributed by atoms with Crippen LogP contribution < -0.4 is 9.64 Å². The third kappa shape index (κ3) is 4.06. The second kappa shape index (κ2) is 8.35. The highest BCUT2D eigenvalue weighted by atomic mass is 32.2. The van der Waals surface area contributed by atoms with Gasteiger partial charge in [0.2, 0.25) is 15.9 Å². The number of likely N-dealkylation sites (N-methyl/N-ethyl adjacent to an activating group) is 1. The Kier molecular flexibility index (Phi) is 5.79. The monoisotopic (exact) mass is 429 g/mol. The molecule has 2 aliphatic heterocycles. The average molecular weight is 430 g/mol. The molecule has 0 bridgehead atoms. The van der Waals surface area contributed by atoms with Gasteiger partial charge in [0.05, 0.1) is 24.4 Å². The number of fused-ring (bicyclic) bond motifs is 1. The summed E-state index contributed by atoms with van der Waals surface area (Å²) >= 11 is 0. The zero-order chi connectivity index (χ0) is 21.3. The first-order valence-electron chi connectivity index (χ1n) is 10.3. The van der Waals surface area contributed by atoms with Gasteiger partial charge in [0.25, 0.3) is 0 Å². The van der Waals surface area contributed by atoms with Crippen LogP contribution >= 0.6 is 0 Å². The number of para-hydroxylation sites is 1. The maximum absolute atomic E-state index is 13.0. The molecule has 1 fully saturated rings. The third-order valence-electron chi connectivity index (χ3n) is 5.94. The van der Waals surface area contributed by atoms with Gasteiger partial charge in [-0.05, 0) is 49.4 Å². The van der Waals surface area contributed by atoms with Crippen molar-refractivity contribution in [3.63, 3.8) is 0 Å². The average Bonchev–Trinajstić information content (AvgIpc) is 2.76. The normalized spacial score (nSPS) is 22.6. The SMILES string of the molecule is CCS(=O)(=O)N1CCC[C@H](Oc2cncc(C3Cc4ccccc4N(C)C3=O)c2)C1. The van der Waals surface area contributed by atoms with Gasteiger partial charge in [-0.2, -0.15) is 4.31 Å². The van der Waals surface area contributed by atoms with Gasteiger partial charge in [-0.25, -0.2) is 8.42 Å². The molecule has 30 heavy (non-hydrogen) atoms. The fraction of sp³-hybridized carbons (Fsp3) is 0.455. The topological polar surface area (TPSA) is 79.8 Å². The maximum atomic E-state index is 13.0. The molecule has 2 aliphatic rings. The summed E-state index contributed by atoms with van der Waals surface area (Å²) < 4.78 is 32.0. The fourth-order valence-corrected chi connectivity index (χ4v) is 5.42. The molecule has 0 saturated carbocycles. The van der Waals surface area contributed by atoms with Crippen LogP contribution in [-0.4, -0.2) is 55.6 Å². The van der Waals surface area contributed by atoms with Crippen LogP contribution in [0.5, 0.6) is 5.75 Å². The number of pyridine rings is 1. The number of aromatic nitrogens is 1. The Morgan fingerprint density at radius 2 is 2.03 bits per heavy atom. The Balaban J connectivity index is 1.52. The van der Waals surface area contributed by atoms with Crippen molar-refractivity contribution in [1.29, 1.82) is 0 Å². The standard InChI is InChI=1S/C22H27N3O4S/c1-3-30(27,28)25-10-6-8-18(15-25)29-19-11-17(13-23-14-19)20-12-16-7-4-5-9-21(16)24(2)22(20)26/h4-5,7,9,11,13-14,18,20H,3,6,8,10,12,15H2,1-2H3/t18-,20?/m0/s1. The molecule has 2 atom stereocenters. The van der Waals surface area contributed by atoms with Gasteiger partial charge in [0, 0.05) is 25.5 Å². The molecule has 1 saturated heterocycles. The van der Waals surface area contributed by atoms with E-state index in [1.807, 2.05) is 30.3 Å². The Bertz CT molecular complexity index is 1040. The van der Waals surface area contributed by atoms with Crippen molar-refractivity contribution in [2.24, 2.45) is 0 Å². The first kappa shape index (κ1) is 20.8. The van der Waals surface area contributed by atoms with Crippen molar-refractivity contribution in [2.75, 3.05) is 30.8 Å². The van der Waals surface area contributed by atoms with E-state index < -0.39 is 10.0 Å². The van der Waals surface area contributed by atoms with Crippen LogP contribution in [0.15, 0.2) is 42.7 Å². The molecule has 1 amide bonds. The fourth-order valence-electron chi connectivity index (χ4n) is 4.25. The zero-order valence-corrected chi connectivity index (χ0v) is 18.1. The highest BCUT2D eigenvalue weighted by Gasteiger charge is 2.32. The summed E-state index contributed by atoms with van der Waals surface area (Å²) in [5.41, 5.74) is 2.88. The number of hydrogen-bond donors (Lipinski definition) is 0. The van der Waals surface area contributed by atoms with E-state index in [1.165, 1.54) is 4.31 Å². The molecule has 0 aliphatic carbocycles. The van der Waals surface area contributed by atoms with Crippen molar-refractivity contribution in [2.45, 2.75) is 38.2 Å². The molecule has 8 heteroatoms. The Labute approximate surface area is 177 Å². The van der Waals surface area contributed by atoms with Crippen molar-refractivity contribution in [3.8, 4) is 5.75 Å². The Morgan fingerprint density at radius 1 is 1.23 bits per heavy atom. The summed E-state index contributed by atoms with van der Waals surface area (Å²) in [6.45, 7) is 2.54. The molecular formula is C22H27N3O4S. The molecular weight excluding hydrogens is 402 g/mol. The maximum Gasteiger partial charge on any atom is 0.234 e. The molecule has 4 rings (SSSR count). The molecule has 3 heterocycles. The van der Waals surface area contributed by atoms with E-state index in [1.54, 1.807) is 31.3 Å². The van der Waals surface area contributed by atoms with Crippen LogP contribution in [0.3, 0.4) is 0 Å². The van der Waals surface area contributed by atoms with Gasteiger partial charge in [-0.15, -0.1) is 0 Å². The molecule has 7 nitrogen and oxygen atoms in total. The molecule has 1 unspecified atom stereocenters. The van der Waals surface area contributed by atoms with Gasteiger partial charge >= 0.3 is 0 Å². The largest absolute Gasteiger partial charge is 0.487 e. The molecule has 0 N–H and O–H groups in total. The Morgan fingerprint density at radius 3 is 2.83 bits per heavy atom. The minimum atomic E-state index is -3.23. The number of benzene rings is 1. The summed E-state index contributed by atoms with van der Waals surface area (Å²) in [4.78, 5) is 19.0. The highest BCUT2D eigenvalue weighted by molar-refractivity contribution is 7.89. The number of ether oxygens (including phenoxy) is 1. The summed E-state index contributed by atoms with van der Waals surface area (Å²) in [5.74, 6) is 0.382. The van der Waals surface area contributed by atoms with Gasteiger partial charge < -0.3 is 9.64 Å². The van der Waals surface area contributed by atoms with Crippen LogP contribution in [0.1, 0.15) is 36.8 Å². The number of rotatable bonds is 5. The lowest BCUT2D eigenvalue weighted by atomic mass is 9.87. The predicted octanol–water partition coefficient (Wildman–Crippen LogP) is 2.58. The number of carbonyl (C=O) groups excluding carboxylic acids is 1. The lowest BCUT2D eigenvalue weighted by Gasteiger charge is -2.33. The number of anilines is 1. The van der Waals surface area contributed by atoms with E-state index >= 15 is 0 Å². The van der Waals surface area contributed by atoms with Crippen LogP contribution in [0, 0.1) is 0 Å². The number of piperidine rings is 1. The lowest BCUT2D eigenvalue weighted by Crippen LogP contribution is -2.44. The van der Waals surface area contributed by atoms with Gasteiger partial charge in [0.15, 0.2) is 0 Å². The molecule has 1 aromatic heterocycles. The number of hydrogen-bond acceptors (Lipinski definition) is 5. The van der Waals surface area contributed by atoms with Gasteiger partial charge in [0.1, 0.15) is 11.9 Å². The number of amides is 1. The smallest absolute Gasteiger partial charge is 0.234 e. The van der Waals surface area contributed by atoms with E-state index in [-0.39, 0.29) is 23.7 Å². The van der Waals surface area contributed by atoms with E-state index in [0.29, 0.717) is 25.3 Å². The third-order valence-corrected chi connectivity index (χ3v) is 7.79. The van der Waals surface area contributed by atoms with E-state index in [4.69, 9.17) is 4.74 Å². The minimum absolute atomic E-state index is 0.0329. The predicted molar refractivity (Wildman–Crippen MR) is 115 cm³/mol. The summed E-state index contributed by atoms with van der Waals surface area (Å²) in [5, 5.41) is 0. The minimum Gasteiger partial charge on any atom is -0.487 e. The van der Waals surface area contributed by atoms with Crippen molar-refractivity contribution < 1.29 is 17.9 Å². The lowest BCUT2D eigenvalue weighted by molar-refractivity contribution is -0.120. The Hall–Kier alpha value is -2.45. The quantitative estimate of drug-likeness (QED) is 0.730. The van der Waals surface area contributed by atoms with Gasteiger partial charge in [-0.3, -0.25) is 9.78 Å². The highest BCUT2D eigenvalue weighted by Crippen LogP contribution is 2.35. The first-order valence-corrected chi connectivity index (χ1v) is 11.9. The van der Waals surface area contributed by atoms with Crippen LogP contribution in [0.25, 0.3) is 0 Å². The molecule has 1 aromatic carbocycles. The number of nitrogens with zero attached hydrogens (tertiary/aromatic N) is 3. The first-order chi connectivity index (χ1) is 14.4. The summed E-state index contributed by atoms with van der Waals surface area (Å²) in [7, 11) is -1.43. The van der Waals surface area contributed by atoms with Crippen molar-refractivity contribution in [3.05, 3.63) is 53.9 Å². The van der Waals surface area contributed by atoms with Crippen molar-refractivity contribution in [1.82, 2.24) is 9.29 Å². The van der Waals surface area contributed by atoms with E-state index in [0.717, 1.165) is 29.7 Å². The summed E-state index contributed by atoms with van der Waals surface area (Å²) in [6, 6.07) is 9.79. The summed E-state index contributed by atoms with van der Waals surface area (Å²) in [6.07, 6.45) is 5.30. The molecule has 0 spiro atoms. The zero-order valence-electron chi connectivity index (χ0n) is 17.3. The second-order valence-corrected chi connectivity index (χ2v) is 10.1.